The molecular formula is C15H18ClNO4. The van der Waals surface area contributed by atoms with Gasteiger partial charge in [-0.15, -0.1) is 0 Å². The molecule has 0 aromatic heterocycles. The fourth-order valence-electron chi connectivity index (χ4n) is 2.34. The lowest BCUT2D eigenvalue weighted by atomic mass is 9.97. The molecule has 6 heteroatoms. The van der Waals surface area contributed by atoms with Crippen LogP contribution in [0.3, 0.4) is 0 Å². The molecule has 1 amide bonds. The molecule has 0 aliphatic carbocycles. The lowest BCUT2D eigenvalue weighted by molar-refractivity contribution is -0.145. The van der Waals surface area contributed by atoms with E-state index in [1.54, 1.807) is 17.0 Å². The number of aliphatic carboxylic acids is 1. The van der Waals surface area contributed by atoms with Crippen molar-refractivity contribution >= 4 is 23.5 Å². The van der Waals surface area contributed by atoms with Gasteiger partial charge in [0.15, 0.2) is 0 Å². The van der Waals surface area contributed by atoms with Crippen LogP contribution in [-0.2, 0) is 9.59 Å². The van der Waals surface area contributed by atoms with Gasteiger partial charge in [0.2, 0.25) is 5.91 Å². The van der Waals surface area contributed by atoms with Gasteiger partial charge in [-0.2, -0.15) is 0 Å². The maximum Gasteiger partial charge on any atom is 0.306 e. The number of hydrogen-bond acceptors (Lipinski definition) is 3. The van der Waals surface area contributed by atoms with Crippen molar-refractivity contribution in [3.8, 4) is 5.75 Å². The van der Waals surface area contributed by atoms with E-state index >= 15 is 0 Å². The fraction of sp³-hybridized carbons (Fsp3) is 0.467. The molecule has 1 N–H and O–H groups in total. The van der Waals surface area contributed by atoms with E-state index in [2.05, 4.69) is 0 Å². The van der Waals surface area contributed by atoms with Crippen molar-refractivity contribution in [1.82, 2.24) is 4.90 Å². The number of benzene rings is 1. The van der Waals surface area contributed by atoms with Gasteiger partial charge in [-0.1, -0.05) is 23.7 Å². The van der Waals surface area contributed by atoms with Crippen molar-refractivity contribution in [3.63, 3.8) is 0 Å². The van der Waals surface area contributed by atoms with Crippen LogP contribution >= 0.6 is 11.6 Å². The van der Waals surface area contributed by atoms with Crippen LogP contribution in [0.2, 0.25) is 5.02 Å². The van der Waals surface area contributed by atoms with Crippen molar-refractivity contribution in [2.45, 2.75) is 19.3 Å². The van der Waals surface area contributed by atoms with Gasteiger partial charge < -0.3 is 14.7 Å². The van der Waals surface area contributed by atoms with Gasteiger partial charge in [0.25, 0.3) is 0 Å². The molecule has 21 heavy (non-hydrogen) atoms. The second kappa shape index (κ2) is 7.31. The number of hydrogen-bond donors (Lipinski definition) is 1. The molecular weight excluding hydrogens is 294 g/mol. The zero-order valence-corrected chi connectivity index (χ0v) is 12.4. The normalized spacial score (nSPS) is 15.8. The maximum absolute atomic E-state index is 12.0. The third-order valence-corrected chi connectivity index (χ3v) is 3.92. The molecule has 0 bridgehead atoms. The summed E-state index contributed by atoms with van der Waals surface area (Å²) in [5, 5.41) is 9.44. The Labute approximate surface area is 128 Å². The summed E-state index contributed by atoms with van der Waals surface area (Å²) in [6, 6.07) is 7.12. The Morgan fingerprint density at radius 1 is 1.29 bits per heavy atom. The Bertz CT molecular complexity index is 512. The molecule has 1 aromatic carbocycles. The van der Waals surface area contributed by atoms with Crippen LogP contribution in [0.4, 0.5) is 0 Å². The van der Waals surface area contributed by atoms with E-state index in [-0.39, 0.29) is 24.9 Å². The van der Waals surface area contributed by atoms with Gasteiger partial charge in [-0.05, 0) is 25.0 Å². The topological polar surface area (TPSA) is 66.8 Å². The second-order valence-corrected chi connectivity index (χ2v) is 5.43. The van der Waals surface area contributed by atoms with Crippen molar-refractivity contribution in [2.24, 2.45) is 5.92 Å². The molecule has 0 atom stereocenters. The molecule has 1 saturated heterocycles. The van der Waals surface area contributed by atoms with Crippen molar-refractivity contribution in [1.29, 1.82) is 0 Å². The molecule has 1 heterocycles. The number of ether oxygens (including phenoxy) is 1. The highest BCUT2D eigenvalue weighted by molar-refractivity contribution is 6.32. The molecule has 2 rings (SSSR count). The second-order valence-electron chi connectivity index (χ2n) is 5.02. The lowest BCUT2D eigenvalue weighted by Gasteiger charge is -2.30. The highest BCUT2D eigenvalue weighted by Gasteiger charge is 2.26. The van der Waals surface area contributed by atoms with Gasteiger partial charge in [-0.25, -0.2) is 0 Å². The summed E-state index contributed by atoms with van der Waals surface area (Å²) in [6.45, 7) is 1.27. The van der Waals surface area contributed by atoms with Gasteiger partial charge in [0.1, 0.15) is 5.75 Å². The smallest absolute Gasteiger partial charge is 0.306 e. The van der Waals surface area contributed by atoms with Crippen LogP contribution < -0.4 is 4.74 Å². The Morgan fingerprint density at radius 2 is 1.95 bits per heavy atom. The first-order valence-electron chi connectivity index (χ1n) is 6.96. The van der Waals surface area contributed by atoms with Crippen LogP contribution in [-0.4, -0.2) is 41.6 Å². The van der Waals surface area contributed by atoms with Crippen molar-refractivity contribution < 1.29 is 19.4 Å². The van der Waals surface area contributed by atoms with Crippen molar-refractivity contribution in [2.75, 3.05) is 19.7 Å². The van der Waals surface area contributed by atoms with E-state index in [0.717, 1.165) is 0 Å². The first-order valence-corrected chi connectivity index (χ1v) is 7.33. The standard InChI is InChI=1S/C15H18ClNO4/c16-12-3-1-2-4-13(12)21-10-7-14(18)17-8-5-11(6-9-17)15(19)20/h1-4,11H,5-10H2,(H,19,20). The SMILES string of the molecule is O=C(O)C1CCN(C(=O)CCOc2ccccc2Cl)CC1. The number of nitrogens with zero attached hydrogens (tertiary/aromatic N) is 1. The number of likely N-dealkylation sites (tertiary alicyclic amines) is 1. The highest BCUT2D eigenvalue weighted by atomic mass is 35.5. The summed E-state index contributed by atoms with van der Waals surface area (Å²) in [6.07, 6.45) is 1.31. The number of rotatable bonds is 5. The quantitative estimate of drug-likeness (QED) is 0.907. The lowest BCUT2D eigenvalue weighted by Crippen LogP contribution is -2.40. The first-order chi connectivity index (χ1) is 10.1. The van der Waals surface area contributed by atoms with Crippen LogP contribution in [0.1, 0.15) is 19.3 Å². The molecule has 114 valence electrons. The number of carbonyl (C=O) groups excluding carboxylic acids is 1. The number of piperidine rings is 1. The van der Waals surface area contributed by atoms with E-state index in [1.165, 1.54) is 0 Å². The molecule has 0 spiro atoms. The van der Waals surface area contributed by atoms with Crippen LogP contribution in [0.15, 0.2) is 24.3 Å². The average molecular weight is 312 g/mol. The molecule has 1 fully saturated rings. The summed E-state index contributed by atoms with van der Waals surface area (Å²) < 4.78 is 5.48. The van der Waals surface area contributed by atoms with Crippen LogP contribution in [0.25, 0.3) is 0 Å². The third-order valence-electron chi connectivity index (χ3n) is 3.61. The Morgan fingerprint density at radius 3 is 2.57 bits per heavy atom. The zero-order valence-electron chi connectivity index (χ0n) is 11.6. The minimum absolute atomic E-state index is 0.00843. The predicted octanol–water partition coefficient (Wildman–Crippen LogP) is 2.43. The third kappa shape index (κ3) is 4.36. The molecule has 0 unspecified atom stereocenters. The van der Waals surface area contributed by atoms with Gasteiger partial charge in [0.05, 0.1) is 24.0 Å². The van der Waals surface area contributed by atoms with Gasteiger partial charge in [0, 0.05) is 13.1 Å². The predicted molar refractivity (Wildman–Crippen MR) is 78.5 cm³/mol. The van der Waals surface area contributed by atoms with E-state index < -0.39 is 5.97 Å². The summed E-state index contributed by atoms with van der Waals surface area (Å²) in [5.74, 6) is -0.542. The largest absolute Gasteiger partial charge is 0.491 e. The number of carboxylic acids is 1. The molecule has 0 saturated carbocycles. The Hall–Kier alpha value is -1.75. The Balaban J connectivity index is 1.73. The Kier molecular flexibility index (Phi) is 5.44. The monoisotopic (exact) mass is 311 g/mol. The van der Waals surface area contributed by atoms with E-state index in [9.17, 15) is 9.59 Å². The van der Waals surface area contributed by atoms with Gasteiger partial charge >= 0.3 is 5.97 Å². The minimum Gasteiger partial charge on any atom is -0.491 e. The summed E-state index contributed by atoms with van der Waals surface area (Å²) in [4.78, 5) is 24.6. The summed E-state index contributed by atoms with van der Waals surface area (Å²) >= 11 is 5.96. The maximum atomic E-state index is 12.0. The first kappa shape index (κ1) is 15.6. The van der Waals surface area contributed by atoms with Gasteiger partial charge in [-0.3, -0.25) is 9.59 Å². The molecule has 0 radical (unpaired) electrons. The van der Waals surface area contributed by atoms with E-state index in [0.29, 0.717) is 36.7 Å². The molecule has 5 nitrogen and oxygen atoms in total. The molecule has 1 aromatic rings. The summed E-state index contributed by atoms with van der Waals surface area (Å²) in [5.41, 5.74) is 0. The number of amides is 1. The molecule has 1 aliphatic heterocycles. The minimum atomic E-state index is -0.774. The number of halogens is 1. The number of carbonyl (C=O) groups is 2. The fourth-order valence-corrected chi connectivity index (χ4v) is 2.53. The van der Waals surface area contributed by atoms with Crippen LogP contribution in [0, 0.1) is 5.92 Å². The van der Waals surface area contributed by atoms with Crippen molar-refractivity contribution in [3.05, 3.63) is 29.3 Å². The zero-order chi connectivity index (χ0) is 15.2. The van der Waals surface area contributed by atoms with E-state index in [4.69, 9.17) is 21.4 Å². The molecule has 1 aliphatic rings. The van der Waals surface area contributed by atoms with Crippen LogP contribution in [0.5, 0.6) is 5.75 Å². The van der Waals surface area contributed by atoms with E-state index in [1.807, 2.05) is 12.1 Å². The average Bonchev–Trinajstić information content (AvgIpc) is 2.49. The highest BCUT2D eigenvalue weighted by Crippen LogP contribution is 2.23. The summed E-state index contributed by atoms with van der Waals surface area (Å²) in [7, 11) is 0. The number of para-hydroxylation sites is 1. The number of carboxylic acid groups (broad SMARTS) is 1.